The lowest BCUT2D eigenvalue weighted by molar-refractivity contribution is 0.186. The number of carboxylic acid groups (broad SMARTS) is 1. The summed E-state index contributed by atoms with van der Waals surface area (Å²) in [5, 5.41) is 19.7. The quantitative estimate of drug-likeness (QED) is 0.788. The van der Waals surface area contributed by atoms with Gasteiger partial charge in [0.15, 0.2) is 0 Å². The third kappa shape index (κ3) is 3.31. The number of nitrogens with one attached hydrogen (secondary N) is 1. The van der Waals surface area contributed by atoms with E-state index in [1.807, 2.05) is 36.4 Å². The summed E-state index contributed by atoms with van der Waals surface area (Å²) in [5.41, 5.74) is -0.150. The van der Waals surface area contributed by atoms with Gasteiger partial charge in [-0.3, -0.25) is 0 Å². The van der Waals surface area contributed by atoms with Crippen molar-refractivity contribution in [2.45, 2.75) is 18.9 Å². The number of amides is 1. The Labute approximate surface area is 88.2 Å². The number of rotatable bonds is 3. The summed E-state index contributed by atoms with van der Waals surface area (Å²) in [5.74, 6) is 0. The second kappa shape index (κ2) is 4.47. The highest BCUT2D eigenvalue weighted by molar-refractivity contribution is 5.66. The number of hydrogen-bond donors (Lipinski definition) is 2. The van der Waals surface area contributed by atoms with E-state index >= 15 is 0 Å². The fourth-order valence-electron chi connectivity index (χ4n) is 1.35. The Morgan fingerprint density at radius 1 is 1.53 bits per heavy atom. The van der Waals surface area contributed by atoms with Gasteiger partial charge >= 0.3 is 6.09 Å². The van der Waals surface area contributed by atoms with Gasteiger partial charge in [0.2, 0.25) is 0 Å². The zero-order chi connectivity index (χ0) is 11.3. The van der Waals surface area contributed by atoms with Crippen LogP contribution in [0.5, 0.6) is 0 Å². The molecule has 2 N–H and O–H groups in total. The van der Waals surface area contributed by atoms with Gasteiger partial charge in [-0.1, -0.05) is 30.3 Å². The molecule has 1 unspecified atom stereocenters. The lowest BCUT2D eigenvalue weighted by atomic mass is 9.94. The first-order chi connectivity index (χ1) is 7.06. The average Bonchev–Trinajstić information content (AvgIpc) is 2.18. The Kier molecular flexibility index (Phi) is 3.29. The van der Waals surface area contributed by atoms with Crippen molar-refractivity contribution in [2.24, 2.45) is 0 Å². The Balaban J connectivity index is 2.78. The number of nitrogens with zero attached hydrogens (tertiary/aromatic N) is 1. The number of nitriles is 1. The van der Waals surface area contributed by atoms with Gasteiger partial charge in [0.1, 0.15) is 5.54 Å². The monoisotopic (exact) mass is 204 g/mol. The smallest absolute Gasteiger partial charge is 0.405 e. The van der Waals surface area contributed by atoms with Crippen LogP contribution in [0.25, 0.3) is 0 Å². The van der Waals surface area contributed by atoms with Crippen LogP contribution in [0.4, 0.5) is 4.79 Å². The molecule has 0 aromatic heterocycles. The molecule has 1 amide bonds. The highest BCUT2D eigenvalue weighted by atomic mass is 16.4. The molecule has 78 valence electrons. The molecule has 1 rings (SSSR count). The van der Waals surface area contributed by atoms with Gasteiger partial charge in [-0.2, -0.15) is 5.26 Å². The maximum Gasteiger partial charge on any atom is 0.405 e. The molecule has 1 aromatic carbocycles. The van der Waals surface area contributed by atoms with Crippen LogP contribution in [-0.4, -0.2) is 16.7 Å². The van der Waals surface area contributed by atoms with Crippen LogP contribution in [0.2, 0.25) is 0 Å². The molecule has 1 atom stereocenters. The SMILES string of the molecule is CC(C#N)(Cc1ccccc1)NC(=O)O. The Morgan fingerprint density at radius 3 is 2.60 bits per heavy atom. The first-order valence-electron chi connectivity index (χ1n) is 4.52. The van der Waals surface area contributed by atoms with E-state index in [0.717, 1.165) is 5.56 Å². The van der Waals surface area contributed by atoms with Crippen molar-refractivity contribution >= 4 is 6.09 Å². The maximum absolute atomic E-state index is 10.5. The van der Waals surface area contributed by atoms with Crippen LogP contribution < -0.4 is 5.32 Å². The van der Waals surface area contributed by atoms with Crippen LogP contribution in [0.1, 0.15) is 12.5 Å². The Hall–Kier alpha value is -2.02. The topological polar surface area (TPSA) is 73.1 Å². The van der Waals surface area contributed by atoms with Crippen LogP contribution in [0.3, 0.4) is 0 Å². The minimum atomic E-state index is -1.19. The van der Waals surface area contributed by atoms with E-state index in [1.165, 1.54) is 0 Å². The van der Waals surface area contributed by atoms with E-state index < -0.39 is 11.6 Å². The average molecular weight is 204 g/mol. The predicted octanol–water partition coefficient (Wildman–Crippen LogP) is 1.78. The summed E-state index contributed by atoms with van der Waals surface area (Å²) in [6.07, 6.45) is -0.827. The summed E-state index contributed by atoms with van der Waals surface area (Å²) < 4.78 is 0. The summed E-state index contributed by atoms with van der Waals surface area (Å²) in [7, 11) is 0. The van der Waals surface area contributed by atoms with Crippen LogP contribution >= 0.6 is 0 Å². The van der Waals surface area contributed by atoms with Crippen molar-refractivity contribution < 1.29 is 9.90 Å². The van der Waals surface area contributed by atoms with Crippen molar-refractivity contribution in [3.8, 4) is 6.07 Å². The third-order valence-corrected chi connectivity index (χ3v) is 2.03. The molecule has 0 aliphatic heterocycles. The lowest BCUT2D eigenvalue weighted by Crippen LogP contribution is -2.45. The molecule has 4 heteroatoms. The van der Waals surface area contributed by atoms with Crippen molar-refractivity contribution in [2.75, 3.05) is 0 Å². The number of benzene rings is 1. The first-order valence-corrected chi connectivity index (χ1v) is 4.52. The Bertz CT molecular complexity index is 383. The molecule has 1 aromatic rings. The largest absolute Gasteiger partial charge is 0.465 e. The highest BCUT2D eigenvalue weighted by Crippen LogP contribution is 2.12. The number of hydrogen-bond acceptors (Lipinski definition) is 2. The highest BCUT2D eigenvalue weighted by Gasteiger charge is 2.26. The van der Waals surface area contributed by atoms with Gasteiger partial charge in [-0.15, -0.1) is 0 Å². The maximum atomic E-state index is 10.5. The van der Waals surface area contributed by atoms with Crippen molar-refractivity contribution in [3.05, 3.63) is 35.9 Å². The van der Waals surface area contributed by atoms with E-state index in [-0.39, 0.29) is 0 Å². The summed E-state index contributed by atoms with van der Waals surface area (Å²) in [4.78, 5) is 10.5. The second-order valence-corrected chi connectivity index (χ2v) is 3.54. The summed E-state index contributed by atoms with van der Waals surface area (Å²) in [6.45, 7) is 1.56. The Morgan fingerprint density at radius 2 is 2.13 bits per heavy atom. The zero-order valence-electron chi connectivity index (χ0n) is 8.40. The van der Waals surface area contributed by atoms with Gasteiger partial charge in [0.05, 0.1) is 6.07 Å². The zero-order valence-corrected chi connectivity index (χ0v) is 8.40. The molecule has 0 heterocycles. The van der Waals surface area contributed by atoms with E-state index in [1.54, 1.807) is 6.92 Å². The third-order valence-electron chi connectivity index (χ3n) is 2.03. The van der Waals surface area contributed by atoms with Gasteiger partial charge in [0, 0.05) is 6.42 Å². The molecular weight excluding hydrogens is 192 g/mol. The molecule has 0 spiro atoms. The molecular formula is C11H12N2O2. The molecule has 0 fully saturated rings. The van der Waals surface area contributed by atoms with E-state index in [4.69, 9.17) is 10.4 Å². The molecule has 0 radical (unpaired) electrons. The molecule has 0 aliphatic carbocycles. The fourth-order valence-corrected chi connectivity index (χ4v) is 1.35. The summed E-state index contributed by atoms with van der Waals surface area (Å²) >= 11 is 0. The molecule has 0 aliphatic rings. The minimum absolute atomic E-state index is 0.358. The number of carbonyl (C=O) groups is 1. The molecule has 4 nitrogen and oxygen atoms in total. The lowest BCUT2D eigenvalue weighted by Gasteiger charge is -2.21. The normalized spacial score (nSPS) is 13.6. The van der Waals surface area contributed by atoms with Gasteiger partial charge < -0.3 is 10.4 Å². The van der Waals surface area contributed by atoms with Crippen molar-refractivity contribution in [1.29, 1.82) is 5.26 Å². The van der Waals surface area contributed by atoms with Crippen LogP contribution in [-0.2, 0) is 6.42 Å². The molecule has 15 heavy (non-hydrogen) atoms. The van der Waals surface area contributed by atoms with Gasteiger partial charge in [-0.25, -0.2) is 4.79 Å². The van der Waals surface area contributed by atoms with E-state index in [0.29, 0.717) is 6.42 Å². The fraction of sp³-hybridized carbons (Fsp3) is 0.273. The second-order valence-electron chi connectivity index (χ2n) is 3.54. The minimum Gasteiger partial charge on any atom is -0.465 e. The van der Waals surface area contributed by atoms with Crippen molar-refractivity contribution in [1.82, 2.24) is 5.32 Å². The van der Waals surface area contributed by atoms with Crippen molar-refractivity contribution in [3.63, 3.8) is 0 Å². The molecule has 0 saturated carbocycles. The van der Waals surface area contributed by atoms with Crippen LogP contribution in [0.15, 0.2) is 30.3 Å². The first kappa shape index (κ1) is 11.1. The predicted molar refractivity (Wildman–Crippen MR) is 55.3 cm³/mol. The summed E-state index contributed by atoms with van der Waals surface area (Å²) in [6, 6.07) is 11.3. The standard InChI is InChI=1S/C11H12N2O2/c1-11(8-12,13-10(14)15)7-9-5-3-2-4-6-9/h2-6,13H,7H2,1H3,(H,14,15). The van der Waals surface area contributed by atoms with Crippen LogP contribution in [0, 0.1) is 11.3 Å². The molecule has 0 saturated heterocycles. The van der Waals surface area contributed by atoms with E-state index in [9.17, 15) is 4.79 Å². The van der Waals surface area contributed by atoms with E-state index in [2.05, 4.69) is 5.32 Å². The van der Waals surface area contributed by atoms with Gasteiger partial charge in [-0.05, 0) is 12.5 Å². The molecule has 0 bridgehead atoms. The van der Waals surface area contributed by atoms with Gasteiger partial charge in [0.25, 0.3) is 0 Å².